The number of rotatable bonds is 4. The predicted octanol–water partition coefficient (Wildman–Crippen LogP) is 4.63. The summed E-state index contributed by atoms with van der Waals surface area (Å²) in [6.07, 6.45) is 0.844. The van der Waals surface area contributed by atoms with E-state index < -0.39 is 0 Å². The lowest BCUT2D eigenvalue weighted by Crippen LogP contribution is -2.28. The molecule has 0 spiro atoms. The molecule has 118 valence electrons. The van der Waals surface area contributed by atoms with Gasteiger partial charge in [-0.3, -0.25) is 4.79 Å². The van der Waals surface area contributed by atoms with E-state index in [0.717, 1.165) is 23.1 Å². The first-order valence-electron chi connectivity index (χ1n) is 8.30. The van der Waals surface area contributed by atoms with E-state index in [-0.39, 0.29) is 11.9 Å². The van der Waals surface area contributed by atoms with Crippen molar-refractivity contribution in [3.05, 3.63) is 107 Å². The number of nitrogens with zero attached hydrogens (tertiary/aromatic N) is 1. The summed E-state index contributed by atoms with van der Waals surface area (Å²) in [4.78, 5) is 14.9. The molecule has 1 amide bonds. The molecule has 1 aliphatic heterocycles. The fourth-order valence-electron chi connectivity index (χ4n) is 3.47. The third kappa shape index (κ3) is 2.71. The van der Waals surface area contributed by atoms with Gasteiger partial charge in [-0.2, -0.15) is 0 Å². The Morgan fingerprint density at radius 1 is 0.708 bits per heavy atom. The molecule has 2 heteroatoms. The van der Waals surface area contributed by atoms with Crippen LogP contribution in [0.25, 0.3) is 0 Å². The molecular weight excluding hydrogens is 294 g/mol. The molecule has 24 heavy (non-hydrogen) atoms. The summed E-state index contributed by atoms with van der Waals surface area (Å²) in [7, 11) is 0. The zero-order valence-corrected chi connectivity index (χ0v) is 13.4. The minimum Gasteiger partial charge on any atom is -0.327 e. The summed E-state index contributed by atoms with van der Waals surface area (Å²) in [6.45, 7) is 0.645. The zero-order chi connectivity index (χ0) is 16.4. The number of hydrogen-bond acceptors (Lipinski definition) is 1. The summed E-state index contributed by atoms with van der Waals surface area (Å²) in [5, 5.41) is 0. The zero-order valence-electron chi connectivity index (χ0n) is 13.4. The van der Waals surface area contributed by atoms with Crippen LogP contribution in [-0.4, -0.2) is 10.8 Å². The summed E-state index contributed by atoms with van der Waals surface area (Å²) in [5.41, 5.74) is 4.40. The Morgan fingerprint density at radius 2 is 1.29 bits per heavy atom. The Morgan fingerprint density at radius 3 is 2.00 bits per heavy atom. The fourth-order valence-corrected chi connectivity index (χ4v) is 3.47. The van der Waals surface area contributed by atoms with Gasteiger partial charge in [0.1, 0.15) is 0 Å². The Labute approximate surface area is 142 Å². The highest BCUT2D eigenvalue weighted by atomic mass is 16.2. The first kappa shape index (κ1) is 14.7. The minimum atomic E-state index is 0.0938. The molecule has 2 nitrogen and oxygen atoms in total. The molecule has 0 aliphatic carbocycles. The second kappa shape index (κ2) is 6.32. The molecular formula is C22H19NO. The standard InChI is InChI=1S/C22H19NO/c24-22-20-14-8-7-13-19(20)21(15-17-9-3-1-4-10-17)23(22)16-18-11-5-2-6-12-18/h1-14,21H,15-16H2/t21-/m0/s1. The van der Waals surface area contributed by atoms with Crippen molar-refractivity contribution in [2.24, 2.45) is 0 Å². The van der Waals surface area contributed by atoms with Crippen LogP contribution < -0.4 is 0 Å². The second-order valence-electron chi connectivity index (χ2n) is 6.21. The molecule has 0 fully saturated rings. The summed E-state index contributed by atoms with van der Waals surface area (Å²) in [6, 6.07) is 28.7. The van der Waals surface area contributed by atoms with E-state index in [1.165, 1.54) is 5.56 Å². The van der Waals surface area contributed by atoms with Crippen molar-refractivity contribution >= 4 is 5.91 Å². The molecule has 0 radical (unpaired) electrons. The summed E-state index contributed by atoms with van der Waals surface area (Å²) < 4.78 is 0. The average molecular weight is 313 g/mol. The normalized spacial score (nSPS) is 16.2. The third-order valence-electron chi connectivity index (χ3n) is 4.65. The van der Waals surface area contributed by atoms with E-state index in [1.807, 2.05) is 47.4 Å². The molecule has 1 atom stereocenters. The average Bonchev–Trinajstić information content (AvgIpc) is 2.90. The van der Waals surface area contributed by atoms with Crippen molar-refractivity contribution in [3.8, 4) is 0 Å². The van der Waals surface area contributed by atoms with Crippen molar-refractivity contribution in [2.75, 3.05) is 0 Å². The molecule has 0 N–H and O–H groups in total. The van der Waals surface area contributed by atoms with E-state index >= 15 is 0 Å². The molecule has 4 rings (SSSR count). The maximum atomic E-state index is 12.9. The molecule has 3 aromatic carbocycles. The van der Waals surface area contributed by atoms with E-state index in [1.54, 1.807) is 0 Å². The SMILES string of the molecule is O=C1c2ccccc2[C@H](Cc2ccccc2)N1Cc1ccccc1. The van der Waals surface area contributed by atoms with E-state index in [0.29, 0.717) is 6.54 Å². The van der Waals surface area contributed by atoms with Crippen LogP contribution in [0.3, 0.4) is 0 Å². The largest absolute Gasteiger partial charge is 0.327 e. The van der Waals surface area contributed by atoms with E-state index in [2.05, 4.69) is 42.5 Å². The van der Waals surface area contributed by atoms with Gasteiger partial charge in [0.2, 0.25) is 0 Å². The van der Waals surface area contributed by atoms with Gasteiger partial charge in [-0.1, -0.05) is 78.9 Å². The van der Waals surface area contributed by atoms with Gasteiger partial charge in [-0.15, -0.1) is 0 Å². The molecule has 1 heterocycles. The molecule has 0 bridgehead atoms. The predicted molar refractivity (Wildman–Crippen MR) is 95.6 cm³/mol. The molecule has 1 aliphatic rings. The van der Waals surface area contributed by atoms with Crippen LogP contribution in [-0.2, 0) is 13.0 Å². The van der Waals surface area contributed by atoms with E-state index in [9.17, 15) is 4.79 Å². The molecule has 0 saturated heterocycles. The monoisotopic (exact) mass is 313 g/mol. The first-order chi connectivity index (χ1) is 11.8. The Hall–Kier alpha value is -2.87. The van der Waals surface area contributed by atoms with Crippen molar-refractivity contribution in [1.82, 2.24) is 4.90 Å². The maximum absolute atomic E-state index is 12.9. The van der Waals surface area contributed by atoms with Crippen LogP contribution in [0.15, 0.2) is 84.9 Å². The lowest BCUT2D eigenvalue weighted by molar-refractivity contribution is 0.0709. The maximum Gasteiger partial charge on any atom is 0.255 e. The van der Waals surface area contributed by atoms with Crippen LogP contribution in [0.1, 0.15) is 33.1 Å². The molecule has 0 saturated carbocycles. The summed E-state index contributed by atoms with van der Waals surface area (Å²) >= 11 is 0. The lowest BCUT2D eigenvalue weighted by Gasteiger charge is -2.26. The number of fused-ring (bicyclic) bond motifs is 1. The first-order valence-corrected chi connectivity index (χ1v) is 8.30. The highest BCUT2D eigenvalue weighted by Crippen LogP contribution is 2.36. The molecule has 3 aromatic rings. The van der Waals surface area contributed by atoms with Crippen LogP contribution >= 0.6 is 0 Å². The molecule has 0 aromatic heterocycles. The Balaban J connectivity index is 1.69. The highest BCUT2D eigenvalue weighted by Gasteiger charge is 2.36. The van der Waals surface area contributed by atoms with Crippen LogP contribution in [0, 0.1) is 0 Å². The van der Waals surface area contributed by atoms with Crippen LogP contribution in [0.2, 0.25) is 0 Å². The van der Waals surface area contributed by atoms with Crippen molar-refractivity contribution < 1.29 is 4.79 Å². The number of hydrogen-bond donors (Lipinski definition) is 0. The van der Waals surface area contributed by atoms with E-state index in [4.69, 9.17) is 0 Å². The van der Waals surface area contributed by atoms with Gasteiger partial charge < -0.3 is 4.90 Å². The fraction of sp³-hybridized carbons (Fsp3) is 0.136. The molecule has 0 unspecified atom stereocenters. The number of amides is 1. The quantitative estimate of drug-likeness (QED) is 0.688. The topological polar surface area (TPSA) is 20.3 Å². The Bertz CT molecular complexity index is 842. The van der Waals surface area contributed by atoms with Crippen molar-refractivity contribution in [3.63, 3.8) is 0 Å². The smallest absolute Gasteiger partial charge is 0.255 e. The van der Waals surface area contributed by atoms with Crippen molar-refractivity contribution in [1.29, 1.82) is 0 Å². The van der Waals surface area contributed by atoms with Crippen LogP contribution in [0.5, 0.6) is 0 Å². The number of carbonyl (C=O) groups is 1. The Kier molecular flexibility index (Phi) is 3.87. The van der Waals surface area contributed by atoms with Gasteiger partial charge in [0.15, 0.2) is 0 Å². The van der Waals surface area contributed by atoms with Gasteiger partial charge in [-0.25, -0.2) is 0 Å². The van der Waals surface area contributed by atoms with Crippen LogP contribution in [0.4, 0.5) is 0 Å². The summed E-state index contributed by atoms with van der Waals surface area (Å²) in [5.74, 6) is 0.135. The number of carbonyl (C=O) groups excluding carboxylic acids is 1. The van der Waals surface area contributed by atoms with Gasteiger partial charge in [0, 0.05) is 12.1 Å². The van der Waals surface area contributed by atoms with Gasteiger partial charge >= 0.3 is 0 Å². The third-order valence-corrected chi connectivity index (χ3v) is 4.65. The minimum absolute atomic E-state index is 0.0938. The lowest BCUT2D eigenvalue weighted by atomic mass is 9.98. The number of benzene rings is 3. The van der Waals surface area contributed by atoms with Gasteiger partial charge in [0.05, 0.1) is 6.04 Å². The van der Waals surface area contributed by atoms with Crippen molar-refractivity contribution in [2.45, 2.75) is 19.0 Å². The van der Waals surface area contributed by atoms with Gasteiger partial charge in [-0.05, 0) is 29.2 Å². The van der Waals surface area contributed by atoms with Gasteiger partial charge in [0.25, 0.3) is 5.91 Å². The second-order valence-corrected chi connectivity index (χ2v) is 6.21. The highest BCUT2D eigenvalue weighted by molar-refractivity contribution is 5.99.